The van der Waals surface area contributed by atoms with E-state index < -0.39 is 30.2 Å². The summed E-state index contributed by atoms with van der Waals surface area (Å²) in [6.07, 6.45) is -0.0950. The van der Waals surface area contributed by atoms with E-state index >= 15 is 0 Å². The molecule has 1 heterocycles. The summed E-state index contributed by atoms with van der Waals surface area (Å²) in [5.41, 5.74) is 0.747. The van der Waals surface area contributed by atoms with Crippen molar-refractivity contribution in [2.24, 2.45) is 0 Å². The molecule has 1 aliphatic heterocycles. The molecule has 0 unspecified atom stereocenters. The number of carbonyl (C=O) groups is 3. The predicted octanol–water partition coefficient (Wildman–Crippen LogP) is 3.02. The molecular weight excluding hydrogens is 353 g/mol. The van der Waals surface area contributed by atoms with Gasteiger partial charge in [0, 0.05) is 11.6 Å². The normalized spacial score (nSPS) is 14.1. The highest BCUT2D eigenvalue weighted by molar-refractivity contribution is 6.32. The van der Waals surface area contributed by atoms with E-state index in [1.165, 1.54) is 0 Å². The maximum Gasteiger partial charge on any atom is 0.344 e. The van der Waals surface area contributed by atoms with Gasteiger partial charge in [0.1, 0.15) is 11.6 Å². The zero-order valence-electron chi connectivity index (χ0n) is 14.0. The average Bonchev–Trinajstić information content (AvgIpc) is 2.82. The minimum atomic E-state index is -0.842. The van der Waals surface area contributed by atoms with Crippen molar-refractivity contribution in [3.63, 3.8) is 0 Å². The molecule has 2 rings (SSSR count). The van der Waals surface area contributed by atoms with Crippen LogP contribution in [0.5, 0.6) is 5.75 Å². The number of amides is 2. The highest BCUT2D eigenvalue weighted by Gasteiger charge is 2.37. The molecule has 0 spiro atoms. The molecule has 6 nitrogen and oxygen atoms in total. The van der Waals surface area contributed by atoms with Crippen LogP contribution in [0.1, 0.15) is 27.2 Å². The van der Waals surface area contributed by atoms with Crippen molar-refractivity contribution in [1.82, 2.24) is 0 Å². The average molecular weight is 370 g/mol. The molecule has 0 saturated carbocycles. The standard InChI is InChI=1S/C17H17ClFNO5/c1-4-24-16(22)8-25-14-7-13(12(19)6-11(14)18)20-15(21)5-10(9(2)3)17(20)23/h6-7H,4-5,8H2,1-3H3. The number of carbonyl (C=O) groups excluding carboxylic acids is 3. The Morgan fingerprint density at radius 2 is 2.00 bits per heavy atom. The van der Waals surface area contributed by atoms with Crippen LogP contribution in [0, 0.1) is 5.82 Å². The van der Waals surface area contributed by atoms with Crippen LogP contribution in [-0.2, 0) is 19.1 Å². The summed E-state index contributed by atoms with van der Waals surface area (Å²) < 4.78 is 24.2. The SMILES string of the molecule is CCOC(=O)COc1cc(N2C(=O)CC(=C(C)C)C2=O)c(F)cc1Cl. The van der Waals surface area contributed by atoms with Gasteiger partial charge >= 0.3 is 5.97 Å². The largest absolute Gasteiger partial charge is 0.480 e. The first-order valence-electron chi connectivity index (χ1n) is 7.57. The Kier molecular flexibility index (Phi) is 5.79. The number of rotatable bonds is 5. The van der Waals surface area contributed by atoms with E-state index in [2.05, 4.69) is 0 Å². The van der Waals surface area contributed by atoms with Gasteiger partial charge < -0.3 is 9.47 Å². The molecule has 0 atom stereocenters. The molecular formula is C17H17ClFNO5. The maximum atomic E-state index is 14.3. The minimum Gasteiger partial charge on any atom is -0.480 e. The van der Waals surface area contributed by atoms with Crippen molar-refractivity contribution in [3.8, 4) is 5.75 Å². The van der Waals surface area contributed by atoms with Crippen molar-refractivity contribution < 1.29 is 28.2 Å². The number of imide groups is 1. The molecule has 0 radical (unpaired) electrons. The number of anilines is 1. The van der Waals surface area contributed by atoms with E-state index in [1.807, 2.05) is 0 Å². The van der Waals surface area contributed by atoms with E-state index in [-0.39, 0.29) is 29.5 Å². The smallest absolute Gasteiger partial charge is 0.344 e. The van der Waals surface area contributed by atoms with Gasteiger partial charge in [-0.2, -0.15) is 0 Å². The van der Waals surface area contributed by atoms with Crippen molar-refractivity contribution in [2.45, 2.75) is 27.2 Å². The third kappa shape index (κ3) is 3.99. The molecule has 134 valence electrons. The van der Waals surface area contributed by atoms with Crippen molar-refractivity contribution in [3.05, 3.63) is 34.1 Å². The van der Waals surface area contributed by atoms with Gasteiger partial charge in [-0.3, -0.25) is 9.59 Å². The Labute approximate surface area is 149 Å². The van der Waals surface area contributed by atoms with Gasteiger partial charge in [-0.15, -0.1) is 0 Å². The number of nitrogens with zero attached hydrogens (tertiary/aromatic N) is 1. The molecule has 0 aliphatic carbocycles. The Morgan fingerprint density at radius 1 is 1.32 bits per heavy atom. The second-order valence-corrected chi connectivity index (χ2v) is 5.92. The number of allylic oxidation sites excluding steroid dienone is 1. The van der Waals surface area contributed by atoms with Crippen LogP contribution in [0.25, 0.3) is 0 Å². The van der Waals surface area contributed by atoms with E-state index in [0.717, 1.165) is 17.0 Å². The number of esters is 1. The van der Waals surface area contributed by atoms with Crippen LogP contribution in [-0.4, -0.2) is 31.0 Å². The van der Waals surface area contributed by atoms with Crippen LogP contribution in [0.4, 0.5) is 10.1 Å². The third-order valence-corrected chi connectivity index (χ3v) is 3.83. The summed E-state index contributed by atoms with van der Waals surface area (Å²) in [7, 11) is 0. The molecule has 25 heavy (non-hydrogen) atoms. The Balaban J connectivity index is 2.34. The fraction of sp³-hybridized carbons (Fsp3) is 0.353. The first-order chi connectivity index (χ1) is 11.8. The molecule has 0 N–H and O–H groups in total. The molecule has 1 aliphatic rings. The zero-order valence-corrected chi connectivity index (χ0v) is 14.8. The van der Waals surface area contributed by atoms with Crippen molar-refractivity contribution in [2.75, 3.05) is 18.1 Å². The monoisotopic (exact) mass is 369 g/mol. The lowest BCUT2D eigenvalue weighted by Crippen LogP contribution is -2.30. The number of hydrogen-bond acceptors (Lipinski definition) is 5. The fourth-order valence-electron chi connectivity index (χ4n) is 2.33. The van der Waals surface area contributed by atoms with E-state index in [4.69, 9.17) is 21.1 Å². The minimum absolute atomic E-state index is 0.0302. The zero-order chi connectivity index (χ0) is 18.7. The topological polar surface area (TPSA) is 72.9 Å². The van der Waals surface area contributed by atoms with Crippen LogP contribution in [0.3, 0.4) is 0 Å². The van der Waals surface area contributed by atoms with Crippen LogP contribution in [0.2, 0.25) is 5.02 Å². The molecule has 8 heteroatoms. The number of halogens is 2. The van der Waals surface area contributed by atoms with Gasteiger partial charge in [-0.05, 0) is 26.8 Å². The van der Waals surface area contributed by atoms with Gasteiger partial charge in [0.15, 0.2) is 6.61 Å². The number of hydrogen-bond donors (Lipinski definition) is 0. The molecule has 0 aromatic heterocycles. The summed E-state index contributed by atoms with van der Waals surface area (Å²) >= 11 is 5.91. The Hall–Kier alpha value is -2.41. The molecule has 1 saturated heterocycles. The molecule has 1 aromatic rings. The van der Waals surface area contributed by atoms with Gasteiger partial charge in [-0.1, -0.05) is 17.2 Å². The van der Waals surface area contributed by atoms with Gasteiger partial charge in [-0.25, -0.2) is 14.1 Å². The van der Waals surface area contributed by atoms with Crippen molar-refractivity contribution >= 4 is 35.1 Å². The lowest BCUT2D eigenvalue weighted by molar-refractivity contribution is -0.145. The summed E-state index contributed by atoms with van der Waals surface area (Å²) in [6, 6.07) is 2.05. The predicted molar refractivity (Wildman–Crippen MR) is 89.0 cm³/mol. The van der Waals surface area contributed by atoms with Gasteiger partial charge in [0.05, 0.1) is 23.7 Å². The van der Waals surface area contributed by atoms with Crippen LogP contribution in [0.15, 0.2) is 23.3 Å². The quantitative estimate of drug-likeness (QED) is 0.453. The maximum absolute atomic E-state index is 14.3. The first kappa shape index (κ1) is 18.9. The summed E-state index contributed by atoms with van der Waals surface area (Å²) in [5.74, 6) is -2.62. The summed E-state index contributed by atoms with van der Waals surface area (Å²) in [5, 5.41) is -0.0907. The second-order valence-electron chi connectivity index (χ2n) is 5.52. The van der Waals surface area contributed by atoms with E-state index in [9.17, 15) is 18.8 Å². The van der Waals surface area contributed by atoms with Crippen LogP contribution < -0.4 is 9.64 Å². The Morgan fingerprint density at radius 3 is 2.56 bits per heavy atom. The highest BCUT2D eigenvalue weighted by Crippen LogP contribution is 2.36. The number of ether oxygens (including phenoxy) is 2. The lowest BCUT2D eigenvalue weighted by atomic mass is 10.1. The summed E-state index contributed by atoms with van der Waals surface area (Å²) in [4.78, 5) is 36.7. The van der Waals surface area contributed by atoms with Gasteiger partial charge in [0.25, 0.3) is 5.91 Å². The molecule has 0 bridgehead atoms. The lowest BCUT2D eigenvalue weighted by Gasteiger charge is -2.17. The highest BCUT2D eigenvalue weighted by atomic mass is 35.5. The van der Waals surface area contributed by atoms with Crippen molar-refractivity contribution in [1.29, 1.82) is 0 Å². The molecule has 1 fully saturated rings. The Bertz CT molecular complexity index is 771. The van der Waals surface area contributed by atoms with Crippen LogP contribution >= 0.6 is 11.6 Å². The molecule has 2 amide bonds. The van der Waals surface area contributed by atoms with Gasteiger partial charge in [0.2, 0.25) is 5.91 Å². The molecule has 1 aromatic carbocycles. The first-order valence-corrected chi connectivity index (χ1v) is 7.95. The van der Waals surface area contributed by atoms with E-state index in [1.54, 1.807) is 20.8 Å². The summed E-state index contributed by atoms with van der Waals surface area (Å²) in [6.45, 7) is 4.81. The number of benzene rings is 1. The third-order valence-electron chi connectivity index (χ3n) is 3.54. The second kappa shape index (κ2) is 7.65. The van der Waals surface area contributed by atoms with E-state index in [0.29, 0.717) is 11.1 Å². The fourth-order valence-corrected chi connectivity index (χ4v) is 2.53.